The summed E-state index contributed by atoms with van der Waals surface area (Å²) in [6.45, 7) is 1.61. The highest BCUT2D eigenvalue weighted by atomic mass is 32.2. The first-order valence-electron chi connectivity index (χ1n) is 7.78. The Labute approximate surface area is 155 Å². The lowest BCUT2D eigenvalue weighted by Crippen LogP contribution is -2.30. The van der Waals surface area contributed by atoms with Crippen molar-refractivity contribution in [1.82, 2.24) is 10.0 Å². The average molecular weight is 400 g/mol. The Morgan fingerprint density at radius 3 is 2.73 bits per heavy atom. The molecule has 1 atom stereocenters. The van der Waals surface area contributed by atoms with Crippen LogP contribution in [-0.4, -0.2) is 39.7 Å². The van der Waals surface area contributed by atoms with Gasteiger partial charge in [-0.3, -0.25) is 4.79 Å². The van der Waals surface area contributed by atoms with Gasteiger partial charge in [0.2, 0.25) is 10.0 Å². The molecule has 1 amide bonds. The van der Waals surface area contributed by atoms with Crippen LogP contribution in [0.25, 0.3) is 0 Å². The molecule has 2 aromatic heterocycles. The Hall–Kier alpha value is -2.17. The second-order valence-electron chi connectivity index (χ2n) is 5.56. The summed E-state index contributed by atoms with van der Waals surface area (Å²) in [5, 5.41) is 2.66. The van der Waals surface area contributed by atoms with Gasteiger partial charge in [0.05, 0.1) is 18.6 Å². The standard InChI is InChI=1S/C16H20N2O6S2/c1-11(13-4-3-9-23-13)18-15(19)10-24-16(20)14-6-5-12(25-14)7-8-17-26(2,21)22/h3-6,9,11,17H,7-8,10H2,1-2H3,(H,18,19). The number of carbonyl (C=O) groups is 2. The maximum atomic E-state index is 12.0. The number of ether oxygens (including phenoxy) is 1. The predicted molar refractivity (Wildman–Crippen MR) is 96.4 cm³/mol. The minimum absolute atomic E-state index is 0.251. The van der Waals surface area contributed by atoms with E-state index < -0.39 is 28.5 Å². The van der Waals surface area contributed by atoms with Gasteiger partial charge >= 0.3 is 5.97 Å². The Bertz CT molecular complexity index is 842. The molecule has 10 heteroatoms. The normalized spacial score (nSPS) is 12.5. The second-order valence-corrected chi connectivity index (χ2v) is 8.56. The van der Waals surface area contributed by atoms with Crippen molar-refractivity contribution < 1.29 is 27.2 Å². The van der Waals surface area contributed by atoms with Crippen molar-refractivity contribution in [2.45, 2.75) is 19.4 Å². The van der Waals surface area contributed by atoms with Crippen LogP contribution in [0.4, 0.5) is 0 Å². The summed E-state index contributed by atoms with van der Waals surface area (Å²) in [6.07, 6.45) is 3.06. The Morgan fingerprint density at radius 1 is 1.31 bits per heavy atom. The number of hydrogen-bond donors (Lipinski definition) is 2. The Balaban J connectivity index is 1.76. The zero-order valence-corrected chi connectivity index (χ0v) is 16.0. The molecule has 0 radical (unpaired) electrons. The summed E-state index contributed by atoms with van der Waals surface area (Å²) in [5.41, 5.74) is 0. The number of esters is 1. The van der Waals surface area contributed by atoms with Gasteiger partial charge < -0.3 is 14.5 Å². The molecule has 0 aliphatic heterocycles. The van der Waals surface area contributed by atoms with Gasteiger partial charge in [0.1, 0.15) is 10.6 Å². The van der Waals surface area contributed by atoms with E-state index in [1.54, 1.807) is 31.2 Å². The van der Waals surface area contributed by atoms with Crippen molar-refractivity contribution in [3.05, 3.63) is 46.0 Å². The molecule has 1 unspecified atom stereocenters. The third-order valence-electron chi connectivity index (χ3n) is 3.28. The maximum Gasteiger partial charge on any atom is 0.348 e. The lowest BCUT2D eigenvalue weighted by Gasteiger charge is -2.11. The zero-order chi connectivity index (χ0) is 19.2. The van der Waals surface area contributed by atoms with Crippen molar-refractivity contribution in [1.29, 1.82) is 0 Å². The molecule has 2 rings (SSSR count). The molecule has 0 aliphatic rings. The number of carbonyl (C=O) groups excluding carboxylic acids is 2. The molecule has 0 bridgehead atoms. The topological polar surface area (TPSA) is 115 Å². The summed E-state index contributed by atoms with van der Waals surface area (Å²) in [6, 6.07) is 6.45. The highest BCUT2D eigenvalue weighted by Gasteiger charge is 2.16. The molecular weight excluding hydrogens is 380 g/mol. The van der Waals surface area contributed by atoms with Crippen molar-refractivity contribution in [3.8, 4) is 0 Å². The summed E-state index contributed by atoms with van der Waals surface area (Å²) >= 11 is 1.20. The minimum Gasteiger partial charge on any atom is -0.467 e. The first-order chi connectivity index (χ1) is 12.2. The molecule has 26 heavy (non-hydrogen) atoms. The van der Waals surface area contributed by atoms with Crippen LogP contribution in [0.15, 0.2) is 34.9 Å². The molecule has 2 heterocycles. The largest absolute Gasteiger partial charge is 0.467 e. The second kappa shape index (κ2) is 8.97. The van der Waals surface area contributed by atoms with Gasteiger partial charge in [0.15, 0.2) is 6.61 Å². The van der Waals surface area contributed by atoms with Crippen LogP contribution in [0.1, 0.15) is 33.3 Å². The van der Waals surface area contributed by atoms with E-state index in [0.717, 1.165) is 11.1 Å². The van der Waals surface area contributed by atoms with Crippen LogP contribution in [0.3, 0.4) is 0 Å². The van der Waals surface area contributed by atoms with Gasteiger partial charge in [0, 0.05) is 11.4 Å². The van der Waals surface area contributed by atoms with Crippen LogP contribution < -0.4 is 10.0 Å². The molecule has 0 fully saturated rings. The van der Waals surface area contributed by atoms with E-state index in [1.165, 1.54) is 17.6 Å². The van der Waals surface area contributed by atoms with Gasteiger partial charge in [-0.2, -0.15) is 0 Å². The SMILES string of the molecule is CC(NC(=O)COC(=O)c1ccc(CCNS(C)(=O)=O)s1)c1ccco1. The van der Waals surface area contributed by atoms with Crippen molar-refractivity contribution in [2.24, 2.45) is 0 Å². The summed E-state index contributed by atoms with van der Waals surface area (Å²) < 4.78 is 34.6. The van der Waals surface area contributed by atoms with Crippen LogP contribution >= 0.6 is 11.3 Å². The number of rotatable bonds is 9. The number of nitrogens with one attached hydrogen (secondary N) is 2. The van der Waals surface area contributed by atoms with Crippen molar-refractivity contribution >= 4 is 33.2 Å². The highest BCUT2D eigenvalue weighted by Crippen LogP contribution is 2.18. The monoisotopic (exact) mass is 400 g/mol. The molecule has 2 aromatic rings. The molecular formula is C16H20N2O6S2. The molecule has 0 saturated heterocycles. The fourth-order valence-corrected chi connectivity index (χ4v) is 3.45. The number of thiophene rings is 1. The third-order valence-corrected chi connectivity index (χ3v) is 5.13. The van der Waals surface area contributed by atoms with Gasteiger partial charge in [-0.15, -0.1) is 11.3 Å². The fraction of sp³-hybridized carbons (Fsp3) is 0.375. The third kappa shape index (κ3) is 6.62. The smallest absolute Gasteiger partial charge is 0.348 e. The van der Waals surface area contributed by atoms with Crippen LogP contribution in [-0.2, 0) is 26.0 Å². The van der Waals surface area contributed by atoms with E-state index in [4.69, 9.17) is 9.15 Å². The van der Waals surface area contributed by atoms with Gasteiger partial charge in [0.25, 0.3) is 5.91 Å². The first kappa shape index (κ1) is 20.1. The van der Waals surface area contributed by atoms with Gasteiger partial charge in [-0.1, -0.05) is 0 Å². The van der Waals surface area contributed by atoms with Crippen LogP contribution in [0, 0.1) is 0 Å². The lowest BCUT2D eigenvalue weighted by atomic mass is 10.2. The number of furan rings is 1. The zero-order valence-electron chi connectivity index (χ0n) is 14.4. The van der Waals surface area contributed by atoms with E-state index in [9.17, 15) is 18.0 Å². The fourth-order valence-electron chi connectivity index (χ4n) is 2.08. The average Bonchev–Trinajstić information content (AvgIpc) is 3.23. The van der Waals surface area contributed by atoms with E-state index in [2.05, 4.69) is 10.0 Å². The van der Waals surface area contributed by atoms with E-state index in [1.807, 2.05) is 0 Å². The molecule has 0 aromatic carbocycles. The quantitative estimate of drug-likeness (QED) is 0.616. The highest BCUT2D eigenvalue weighted by molar-refractivity contribution is 7.88. The van der Waals surface area contributed by atoms with Crippen molar-refractivity contribution in [2.75, 3.05) is 19.4 Å². The van der Waals surface area contributed by atoms with Crippen LogP contribution in [0.2, 0.25) is 0 Å². The summed E-state index contributed by atoms with van der Waals surface area (Å²) in [4.78, 5) is 25.0. The molecule has 2 N–H and O–H groups in total. The molecule has 142 valence electrons. The first-order valence-corrected chi connectivity index (χ1v) is 10.5. The molecule has 0 saturated carbocycles. The Kier molecular flexibility index (Phi) is 6.95. The van der Waals surface area contributed by atoms with Gasteiger partial charge in [-0.05, 0) is 37.6 Å². The number of amides is 1. The van der Waals surface area contributed by atoms with Gasteiger partial charge in [-0.25, -0.2) is 17.9 Å². The summed E-state index contributed by atoms with van der Waals surface area (Å²) in [5.74, 6) is -0.426. The minimum atomic E-state index is -3.24. The van der Waals surface area contributed by atoms with E-state index in [-0.39, 0.29) is 12.6 Å². The van der Waals surface area contributed by atoms with E-state index in [0.29, 0.717) is 17.1 Å². The number of hydrogen-bond acceptors (Lipinski definition) is 7. The Morgan fingerprint density at radius 2 is 2.08 bits per heavy atom. The van der Waals surface area contributed by atoms with Crippen LogP contribution in [0.5, 0.6) is 0 Å². The number of sulfonamides is 1. The van der Waals surface area contributed by atoms with Crippen molar-refractivity contribution in [3.63, 3.8) is 0 Å². The van der Waals surface area contributed by atoms with E-state index >= 15 is 0 Å². The molecule has 0 aliphatic carbocycles. The molecule has 8 nitrogen and oxygen atoms in total. The molecule has 0 spiro atoms. The maximum absolute atomic E-state index is 12.0. The predicted octanol–water partition coefficient (Wildman–Crippen LogP) is 1.47. The summed E-state index contributed by atoms with van der Waals surface area (Å²) in [7, 11) is -3.24. The lowest BCUT2D eigenvalue weighted by molar-refractivity contribution is -0.125.